The summed E-state index contributed by atoms with van der Waals surface area (Å²) in [7, 11) is 1.23. The number of hydrogen-bond donors (Lipinski definition) is 3. The van der Waals surface area contributed by atoms with Gasteiger partial charge in [0.1, 0.15) is 6.54 Å². The molecule has 0 bridgehead atoms. The minimum Gasteiger partial charge on any atom is -0.481 e. The van der Waals surface area contributed by atoms with Crippen molar-refractivity contribution in [2.45, 2.75) is 19.8 Å². The first-order chi connectivity index (χ1) is 7.95. The van der Waals surface area contributed by atoms with Crippen LogP contribution in [0.5, 0.6) is 0 Å². The van der Waals surface area contributed by atoms with Crippen LogP contribution in [0.25, 0.3) is 0 Å². The Hall–Kier alpha value is -1.79. The number of nitrogens with one attached hydrogen (secondary N) is 2. The van der Waals surface area contributed by atoms with Gasteiger partial charge in [-0.3, -0.25) is 9.59 Å². The van der Waals surface area contributed by atoms with Gasteiger partial charge in [0.15, 0.2) is 0 Å². The van der Waals surface area contributed by atoms with Crippen LogP contribution in [-0.4, -0.2) is 43.3 Å². The molecule has 0 aromatic heterocycles. The molecule has 0 aliphatic rings. The molecular formula is C10H18N2O5. The van der Waals surface area contributed by atoms with E-state index in [1.54, 1.807) is 0 Å². The van der Waals surface area contributed by atoms with E-state index >= 15 is 0 Å². The monoisotopic (exact) mass is 246 g/mol. The molecule has 0 aromatic rings. The fraction of sp³-hybridized carbons (Fsp3) is 0.700. The lowest BCUT2D eigenvalue weighted by Crippen LogP contribution is -2.40. The van der Waals surface area contributed by atoms with Crippen molar-refractivity contribution in [3.63, 3.8) is 0 Å². The second-order valence-corrected chi connectivity index (χ2v) is 3.68. The molecule has 7 heteroatoms. The summed E-state index contributed by atoms with van der Waals surface area (Å²) in [6.45, 7) is 2.01. The van der Waals surface area contributed by atoms with E-state index in [1.165, 1.54) is 7.11 Å². The zero-order valence-electron chi connectivity index (χ0n) is 9.99. The quantitative estimate of drug-likeness (QED) is 0.547. The molecule has 0 spiro atoms. The van der Waals surface area contributed by atoms with Crippen molar-refractivity contribution in [1.29, 1.82) is 0 Å². The normalized spacial score (nSPS) is 11.4. The highest BCUT2D eigenvalue weighted by atomic mass is 16.5. The number of carbonyl (C=O) groups is 3. The Labute approximate surface area is 99.5 Å². The smallest absolute Gasteiger partial charge is 0.325 e. The molecule has 0 aliphatic heterocycles. The van der Waals surface area contributed by atoms with Crippen LogP contribution in [-0.2, 0) is 14.3 Å². The van der Waals surface area contributed by atoms with Crippen LogP contribution in [0.4, 0.5) is 4.79 Å². The maximum atomic E-state index is 11.2. The minimum atomic E-state index is -0.855. The third kappa shape index (κ3) is 9.16. The fourth-order valence-electron chi connectivity index (χ4n) is 1.03. The Balaban J connectivity index is 3.62. The summed E-state index contributed by atoms with van der Waals surface area (Å²) >= 11 is 0. The standard InChI is InChI=1S/C10H18N2O5/c1-7(3-4-8(13)14)5-11-10(16)12-6-9(15)17-2/h7H,3-6H2,1-2H3,(H,13,14)(H2,11,12,16). The molecule has 0 radical (unpaired) electrons. The number of rotatable bonds is 7. The van der Waals surface area contributed by atoms with Crippen molar-refractivity contribution >= 4 is 18.0 Å². The van der Waals surface area contributed by atoms with E-state index in [-0.39, 0.29) is 18.9 Å². The number of hydrogen-bond acceptors (Lipinski definition) is 4. The molecule has 2 amide bonds. The highest BCUT2D eigenvalue weighted by Crippen LogP contribution is 2.03. The molecule has 0 aliphatic carbocycles. The van der Waals surface area contributed by atoms with Gasteiger partial charge in [0.2, 0.25) is 0 Å². The van der Waals surface area contributed by atoms with E-state index in [2.05, 4.69) is 15.4 Å². The van der Waals surface area contributed by atoms with Gasteiger partial charge < -0.3 is 20.5 Å². The van der Waals surface area contributed by atoms with Crippen molar-refractivity contribution in [3.8, 4) is 0 Å². The van der Waals surface area contributed by atoms with Crippen molar-refractivity contribution in [1.82, 2.24) is 10.6 Å². The SMILES string of the molecule is COC(=O)CNC(=O)NCC(C)CCC(=O)O. The Morgan fingerprint density at radius 3 is 2.47 bits per heavy atom. The van der Waals surface area contributed by atoms with Crippen LogP contribution in [0.1, 0.15) is 19.8 Å². The van der Waals surface area contributed by atoms with Gasteiger partial charge in [0, 0.05) is 13.0 Å². The molecular weight excluding hydrogens is 228 g/mol. The lowest BCUT2D eigenvalue weighted by atomic mass is 10.1. The maximum absolute atomic E-state index is 11.2. The number of esters is 1. The molecule has 0 aromatic carbocycles. The molecule has 0 rings (SSSR count). The number of aliphatic carboxylic acids is 1. The van der Waals surface area contributed by atoms with Crippen molar-refractivity contribution < 1.29 is 24.2 Å². The molecule has 0 saturated heterocycles. The van der Waals surface area contributed by atoms with E-state index in [0.717, 1.165) is 0 Å². The van der Waals surface area contributed by atoms with E-state index in [1.807, 2.05) is 6.92 Å². The summed E-state index contributed by atoms with van der Waals surface area (Å²) in [5.41, 5.74) is 0. The summed E-state index contributed by atoms with van der Waals surface area (Å²) in [4.78, 5) is 32.2. The highest BCUT2D eigenvalue weighted by Gasteiger charge is 2.08. The van der Waals surface area contributed by atoms with Crippen LogP contribution in [0.15, 0.2) is 0 Å². The van der Waals surface area contributed by atoms with Gasteiger partial charge in [-0.2, -0.15) is 0 Å². The summed E-state index contributed by atoms with van der Waals surface area (Å²) in [5, 5.41) is 13.3. The Kier molecular flexibility index (Phi) is 7.49. The lowest BCUT2D eigenvalue weighted by Gasteiger charge is -2.11. The molecule has 0 saturated carbocycles. The number of urea groups is 1. The van der Waals surface area contributed by atoms with E-state index in [4.69, 9.17) is 5.11 Å². The third-order valence-electron chi connectivity index (χ3n) is 2.08. The lowest BCUT2D eigenvalue weighted by molar-refractivity contribution is -0.139. The zero-order chi connectivity index (χ0) is 13.3. The van der Waals surface area contributed by atoms with Crippen LogP contribution >= 0.6 is 0 Å². The summed E-state index contributed by atoms with van der Waals surface area (Å²) < 4.78 is 4.34. The van der Waals surface area contributed by atoms with Gasteiger partial charge in [0.25, 0.3) is 0 Å². The molecule has 17 heavy (non-hydrogen) atoms. The van der Waals surface area contributed by atoms with E-state index < -0.39 is 18.0 Å². The maximum Gasteiger partial charge on any atom is 0.325 e. The predicted octanol–water partition coefficient (Wildman–Crippen LogP) is -0.0405. The van der Waals surface area contributed by atoms with Gasteiger partial charge in [-0.15, -0.1) is 0 Å². The first-order valence-electron chi connectivity index (χ1n) is 5.26. The third-order valence-corrected chi connectivity index (χ3v) is 2.08. The molecule has 0 fully saturated rings. The molecule has 1 unspecified atom stereocenters. The highest BCUT2D eigenvalue weighted by molar-refractivity contribution is 5.80. The van der Waals surface area contributed by atoms with Crippen molar-refractivity contribution in [2.75, 3.05) is 20.2 Å². The number of methoxy groups -OCH3 is 1. The van der Waals surface area contributed by atoms with Gasteiger partial charge in [-0.1, -0.05) is 6.92 Å². The fourth-order valence-corrected chi connectivity index (χ4v) is 1.03. The van der Waals surface area contributed by atoms with Gasteiger partial charge in [0.05, 0.1) is 7.11 Å². The summed E-state index contributed by atoms with van der Waals surface area (Å²) in [6.07, 6.45) is 0.569. The zero-order valence-corrected chi connectivity index (χ0v) is 9.99. The molecule has 3 N–H and O–H groups in total. The first kappa shape index (κ1) is 15.2. The number of carbonyl (C=O) groups excluding carboxylic acids is 2. The van der Waals surface area contributed by atoms with E-state index in [0.29, 0.717) is 13.0 Å². The van der Waals surface area contributed by atoms with Gasteiger partial charge in [-0.25, -0.2) is 4.79 Å². The van der Waals surface area contributed by atoms with Crippen LogP contribution in [0, 0.1) is 5.92 Å². The Morgan fingerprint density at radius 2 is 1.94 bits per heavy atom. The van der Waals surface area contributed by atoms with Crippen molar-refractivity contribution in [3.05, 3.63) is 0 Å². The molecule has 0 heterocycles. The average molecular weight is 246 g/mol. The van der Waals surface area contributed by atoms with Crippen LogP contribution in [0.2, 0.25) is 0 Å². The van der Waals surface area contributed by atoms with E-state index in [9.17, 15) is 14.4 Å². The predicted molar refractivity (Wildman–Crippen MR) is 59.5 cm³/mol. The van der Waals surface area contributed by atoms with Gasteiger partial charge >= 0.3 is 18.0 Å². The molecule has 98 valence electrons. The van der Waals surface area contributed by atoms with Crippen molar-refractivity contribution in [2.24, 2.45) is 5.92 Å². The minimum absolute atomic E-state index is 0.0648. The number of amides is 2. The summed E-state index contributed by atoms with van der Waals surface area (Å²) in [6, 6.07) is -0.474. The van der Waals surface area contributed by atoms with Crippen LogP contribution in [0.3, 0.4) is 0 Å². The molecule has 1 atom stereocenters. The number of ether oxygens (including phenoxy) is 1. The summed E-state index contributed by atoms with van der Waals surface area (Å²) in [5.74, 6) is -1.32. The average Bonchev–Trinajstić information content (AvgIpc) is 2.30. The largest absolute Gasteiger partial charge is 0.481 e. The number of carboxylic acids is 1. The first-order valence-corrected chi connectivity index (χ1v) is 5.26. The second-order valence-electron chi connectivity index (χ2n) is 3.68. The number of carboxylic acid groups (broad SMARTS) is 1. The van der Waals surface area contributed by atoms with Gasteiger partial charge in [-0.05, 0) is 12.3 Å². The molecule has 7 nitrogen and oxygen atoms in total. The Bertz CT molecular complexity index is 280. The second kappa shape index (κ2) is 8.37. The van der Waals surface area contributed by atoms with Crippen LogP contribution < -0.4 is 10.6 Å². The topological polar surface area (TPSA) is 105 Å². The Morgan fingerprint density at radius 1 is 1.29 bits per heavy atom.